The van der Waals surface area contributed by atoms with Gasteiger partial charge in [0.2, 0.25) is 27.6 Å². The van der Waals surface area contributed by atoms with Crippen molar-refractivity contribution in [1.82, 2.24) is 10.1 Å². The summed E-state index contributed by atoms with van der Waals surface area (Å²) in [7, 11) is -3.35. The maximum absolute atomic E-state index is 12.2. The van der Waals surface area contributed by atoms with Crippen molar-refractivity contribution in [3.05, 3.63) is 48.0 Å². The third kappa shape index (κ3) is 4.97. The number of anilines is 2. The van der Waals surface area contributed by atoms with Gasteiger partial charge in [0.25, 0.3) is 0 Å². The summed E-state index contributed by atoms with van der Waals surface area (Å²) in [5.74, 6) is 0.929. The third-order valence-electron chi connectivity index (χ3n) is 3.93. The van der Waals surface area contributed by atoms with Gasteiger partial charge in [0.15, 0.2) is 5.76 Å². The number of furan rings is 1. The van der Waals surface area contributed by atoms with Crippen LogP contribution in [-0.2, 0) is 21.2 Å². The van der Waals surface area contributed by atoms with Crippen molar-refractivity contribution in [3.63, 3.8) is 0 Å². The normalized spacial score (nSPS) is 11.4. The molecular weight excluding hydrogens is 384 g/mol. The quantitative estimate of drug-likeness (QED) is 0.591. The smallest absolute Gasteiger partial charge is 0.238 e. The van der Waals surface area contributed by atoms with Crippen LogP contribution in [0.4, 0.5) is 11.4 Å². The van der Waals surface area contributed by atoms with Crippen LogP contribution >= 0.6 is 0 Å². The van der Waals surface area contributed by atoms with Gasteiger partial charge in [0.05, 0.1) is 17.7 Å². The van der Waals surface area contributed by atoms with Gasteiger partial charge in [-0.1, -0.05) is 5.16 Å². The zero-order valence-electron chi connectivity index (χ0n) is 15.4. The van der Waals surface area contributed by atoms with Crippen LogP contribution in [0.5, 0.6) is 0 Å². The Labute approximate surface area is 162 Å². The van der Waals surface area contributed by atoms with E-state index in [1.54, 1.807) is 44.2 Å². The number of nitrogens with zero attached hydrogens (tertiary/aromatic N) is 2. The predicted octanol–water partition coefficient (Wildman–Crippen LogP) is 2.97. The minimum atomic E-state index is -3.35. The Bertz CT molecular complexity index is 1060. The molecule has 0 fully saturated rings. The molecule has 0 atom stereocenters. The second-order valence-electron chi connectivity index (χ2n) is 6.07. The Kier molecular flexibility index (Phi) is 5.78. The van der Waals surface area contributed by atoms with E-state index in [9.17, 15) is 13.2 Å². The largest absolute Gasteiger partial charge is 0.461 e. The number of hydrogen-bond acceptors (Lipinski definition) is 7. The summed E-state index contributed by atoms with van der Waals surface area (Å²) in [5, 5.41) is 6.58. The van der Waals surface area contributed by atoms with Gasteiger partial charge in [-0.3, -0.25) is 9.52 Å². The highest BCUT2D eigenvalue weighted by Crippen LogP contribution is 2.21. The third-order valence-corrected chi connectivity index (χ3v) is 5.22. The van der Waals surface area contributed by atoms with E-state index >= 15 is 0 Å². The summed E-state index contributed by atoms with van der Waals surface area (Å²) in [6.07, 6.45) is 1.95. The van der Waals surface area contributed by atoms with Gasteiger partial charge in [-0.2, -0.15) is 4.98 Å². The van der Waals surface area contributed by atoms with E-state index in [0.717, 1.165) is 0 Å². The number of sulfonamides is 1. The number of nitrogens with one attached hydrogen (secondary N) is 2. The molecule has 0 saturated heterocycles. The number of aryl methyl sites for hydroxylation is 2. The lowest BCUT2D eigenvalue weighted by molar-refractivity contribution is -0.116. The van der Waals surface area contributed by atoms with E-state index in [-0.39, 0.29) is 24.5 Å². The molecule has 0 aliphatic heterocycles. The molecular formula is C18H20N4O5S. The maximum Gasteiger partial charge on any atom is 0.238 e. The fourth-order valence-corrected chi connectivity index (χ4v) is 3.11. The molecule has 0 bridgehead atoms. The van der Waals surface area contributed by atoms with Crippen LogP contribution in [0.3, 0.4) is 0 Å². The van der Waals surface area contributed by atoms with Gasteiger partial charge in [-0.05, 0) is 49.7 Å². The number of aromatic nitrogens is 2. The van der Waals surface area contributed by atoms with E-state index in [2.05, 4.69) is 20.2 Å². The van der Waals surface area contributed by atoms with Gasteiger partial charge in [-0.15, -0.1) is 0 Å². The highest BCUT2D eigenvalue weighted by molar-refractivity contribution is 7.92. The van der Waals surface area contributed by atoms with Crippen molar-refractivity contribution in [3.8, 4) is 11.6 Å². The van der Waals surface area contributed by atoms with Crippen molar-refractivity contribution in [2.75, 3.05) is 15.8 Å². The number of rotatable bonds is 8. The second-order valence-corrected chi connectivity index (χ2v) is 8.08. The molecule has 3 rings (SSSR count). The Morgan fingerprint density at radius 3 is 2.75 bits per heavy atom. The summed E-state index contributed by atoms with van der Waals surface area (Å²) in [5.41, 5.74) is 1.76. The standard InChI is InChI=1S/C18H20N4O5S/c1-3-28(24,25)22-14-7-6-13(11-12(14)2)19-16(23)8-9-17-20-18(21-27-17)15-5-4-10-26-15/h4-7,10-11,22H,3,8-9H2,1-2H3,(H,19,23). The molecule has 148 valence electrons. The Morgan fingerprint density at radius 1 is 1.25 bits per heavy atom. The van der Waals surface area contributed by atoms with Gasteiger partial charge in [-0.25, -0.2) is 8.42 Å². The lowest BCUT2D eigenvalue weighted by atomic mass is 10.2. The van der Waals surface area contributed by atoms with Crippen LogP contribution in [0.2, 0.25) is 0 Å². The van der Waals surface area contributed by atoms with Crippen LogP contribution in [0.1, 0.15) is 24.8 Å². The van der Waals surface area contributed by atoms with Crippen molar-refractivity contribution < 1.29 is 22.2 Å². The van der Waals surface area contributed by atoms with Gasteiger partial charge >= 0.3 is 0 Å². The maximum atomic E-state index is 12.2. The van der Waals surface area contributed by atoms with E-state index < -0.39 is 10.0 Å². The summed E-state index contributed by atoms with van der Waals surface area (Å²) >= 11 is 0. The lowest BCUT2D eigenvalue weighted by Gasteiger charge is -2.11. The summed E-state index contributed by atoms with van der Waals surface area (Å²) < 4.78 is 36.2. The SMILES string of the molecule is CCS(=O)(=O)Nc1ccc(NC(=O)CCc2nc(-c3ccco3)no2)cc1C. The van der Waals surface area contributed by atoms with Crippen LogP contribution in [0.25, 0.3) is 11.6 Å². The molecule has 0 spiro atoms. The highest BCUT2D eigenvalue weighted by atomic mass is 32.2. The van der Waals surface area contributed by atoms with Crippen molar-refractivity contribution >= 4 is 27.3 Å². The first-order valence-electron chi connectivity index (χ1n) is 8.64. The fourth-order valence-electron chi connectivity index (χ4n) is 2.40. The highest BCUT2D eigenvalue weighted by Gasteiger charge is 2.13. The van der Waals surface area contributed by atoms with E-state index in [0.29, 0.717) is 34.4 Å². The average molecular weight is 404 g/mol. The Balaban J connectivity index is 1.55. The Morgan fingerprint density at radius 2 is 2.07 bits per heavy atom. The topological polar surface area (TPSA) is 127 Å². The first-order valence-corrected chi connectivity index (χ1v) is 10.3. The fraction of sp³-hybridized carbons (Fsp3) is 0.278. The molecule has 0 aliphatic rings. The number of benzene rings is 1. The van der Waals surface area contributed by atoms with E-state index in [4.69, 9.17) is 8.94 Å². The van der Waals surface area contributed by atoms with E-state index in [1.807, 2.05) is 0 Å². The van der Waals surface area contributed by atoms with Gasteiger partial charge < -0.3 is 14.3 Å². The van der Waals surface area contributed by atoms with Crippen molar-refractivity contribution in [1.29, 1.82) is 0 Å². The van der Waals surface area contributed by atoms with Crippen molar-refractivity contribution in [2.45, 2.75) is 26.7 Å². The summed E-state index contributed by atoms with van der Waals surface area (Å²) in [6, 6.07) is 8.40. The van der Waals surface area contributed by atoms with Crippen LogP contribution in [0, 0.1) is 6.92 Å². The lowest BCUT2D eigenvalue weighted by Crippen LogP contribution is -2.16. The number of carbonyl (C=O) groups is 1. The molecule has 0 aliphatic carbocycles. The molecule has 3 aromatic rings. The molecule has 1 amide bonds. The van der Waals surface area contributed by atoms with Gasteiger partial charge in [0.1, 0.15) is 0 Å². The van der Waals surface area contributed by atoms with Crippen LogP contribution in [-0.4, -0.2) is 30.2 Å². The number of hydrogen-bond donors (Lipinski definition) is 2. The molecule has 28 heavy (non-hydrogen) atoms. The van der Waals surface area contributed by atoms with Crippen LogP contribution in [0.15, 0.2) is 45.5 Å². The average Bonchev–Trinajstić information content (AvgIpc) is 3.33. The van der Waals surface area contributed by atoms with Crippen molar-refractivity contribution in [2.24, 2.45) is 0 Å². The molecule has 9 nitrogen and oxygen atoms in total. The minimum Gasteiger partial charge on any atom is -0.461 e. The van der Waals surface area contributed by atoms with Crippen LogP contribution < -0.4 is 10.0 Å². The van der Waals surface area contributed by atoms with E-state index in [1.165, 1.54) is 6.26 Å². The molecule has 2 N–H and O–H groups in total. The molecule has 0 unspecified atom stereocenters. The Hall–Kier alpha value is -3.14. The molecule has 1 aromatic carbocycles. The molecule has 0 saturated carbocycles. The molecule has 0 radical (unpaired) electrons. The molecule has 2 heterocycles. The number of carbonyl (C=O) groups excluding carboxylic acids is 1. The van der Waals surface area contributed by atoms with Gasteiger partial charge in [0, 0.05) is 18.5 Å². The zero-order valence-corrected chi connectivity index (χ0v) is 16.2. The summed E-state index contributed by atoms with van der Waals surface area (Å²) in [4.78, 5) is 16.3. The summed E-state index contributed by atoms with van der Waals surface area (Å²) in [6.45, 7) is 3.32. The zero-order chi connectivity index (χ0) is 20.1. The molecule has 2 aromatic heterocycles. The molecule has 10 heteroatoms. The second kappa shape index (κ2) is 8.26. The minimum absolute atomic E-state index is 0.0117. The monoisotopic (exact) mass is 404 g/mol. The number of amides is 1. The first kappa shape index (κ1) is 19.6. The predicted molar refractivity (Wildman–Crippen MR) is 103 cm³/mol. The first-order chi connectivity index (χ1) is 13.4.